The van der Waals surface area contributed by atoms with Gasteiger partial charge in [-0.25, -0.2) is 13.6 Å². The second-order valence-electron chi connectivity index (χ2n) is 4.50. The lowest BCUT2D eigenvalue weighted by atomic mass is 10.3. The molecule has 0 aliphatic rings. The summed E-state index contributed by atoms with van der Waals surface area (Å²) >= 11 is 1.02. The number of carbonyl (C=O) groups is 1. The lowest BCUT2D eigenvalue weighted by molar-refractivity contribution is 0.0943. The Kier molecular flexibility index (Phi) is 3.96. The zero-order chi connectivity index (χ0) is 17.3. The quantitative estimate of drug-likeness (QED) is 0.564. The SMILES string of the molecule is Nc1nc(Nc2ccc(S(N)(=O)=O)cc2)nn1C(=O)c1csnn1. The van der Waals surface area contributed by atoms with Crippen LogP contribution in [0, 0.1) is 0 Å². The van der Waals surface area contributed by atoms with E-state index in [2.05, 4.69) is 25.0 Å². The summed E-state index contributed by atoms with van der Waals surface area (Å²) in [5.41, 5.74) is 6.26. The molecule has 3 aromatic rings. The number of hydrogen-bond acceptors (Lipinski definition) is 10. The predicted molar refractivity (Wildman–Crippen MR) is 85.2 cm³/mol. The molecule has 2 heterocycles. The van der Waals surface area contributed by atoms with E-state index in [9.17, 15) is 13.2 Å². The molecule has 0 amide bonds. The number of primary sulfonamides is 1. The number of rotatable bonds is 4. The average molecular weight is 366 g/mol. The van der Waals surface area contributed by atoms with Gasteiger partial charge in [0.05, 0.1) is 4.90 Å². The molecule has 11 nitrogen and oxygen atoms in total. The van der Waals surface area contributed by atoms with E-state index in [1.54, 1.807) is 0 Å². The van der Waals surface area contributed by atoms with Crippen molar-refractivity contribution in [3.63, 3.8) is 0 Å². The van der Waals surface area contributed by atoms with Crippen LogP contribution in [0.3, 0.4) is 0 Å². The number of anilines is 3. The lowest BCUT2D eigenvalue weighted by Crippen LogP contribution is -2.16. The van der Waals surface area contributed by atoms with E-state index in [-0.39, 0.29) is 22.5 Å². The van der Waals surface area contributed by atoms with Crippen LogP contribution in [0.25, 0.3) is 0 Å². The van der Waals surface area contributed by atoms with E-state index in [4.69, 9.17) is 10.9 Å². The molecular formula is C11H10N8O3S2. The minimum atomic E-state index is -3.77. The molecule has 0 atom stereocenters. The molecule has 2 aromatic heterocycles. The molecule has 124 valence electrons. The van der Waals surface area contributed by atoms with Crippen LogP contribution in [0.1, 0.15) is 10.5 Å². The maximum Gasteiger partial charge on any atom is 0.302 e. The van der Waals surface area contributed by atoms with Gasteiger partial charge in [-0.1, -0.05) is 4.49 Å². The Bertz CT molecular complexity index is 979. The van der Waals surface area contributed by atoms with Gasteiger partial charge < -0.3 is 11.1 Å². The molecule has 0 aliphatic carbocycles. The highest BCUT2D eigenvalue weighted by molar-refractivity contribution is 7.89. The van der Waals surface area contributed by atoms with Crippen LogP contribution in [0.2, 0.25) is 0 Å². The molecule has 0 spiro atoms. The molecule has 3 rings (SSSR count). The van der Waals surface area contributed by atoms with Gasteiger partial charge >= 0.3 is 5.91 Å². The normalized spacial score (nSPS) is 11.4. The Morgan fingerprint density at radius 3 is 2.54 bits per heavy atom. The fourth-order valence-corrected chi connectivity index (χ4v) is 2.70. The van der Waals surface area contributed by atoms with Crippen molar-refractivity contribution in [1.82, 2.24) is 24.4 Å². The van der Waals surface area contributed by atoms with Crippen LogP contribution in [0.5, 0.6) is 0 Å². The first-order valence-electron chi connectivity index (χ1n) is 6.29. The summed E-state index contributed by atoms with van der Waals surface area (Å²) in [4.78, 5) is 16.0. The summed E-state index contributed by atoms with van der Waals surface area (Å²) in [6.45, 7) is 0. The van der Waals surface area contributed by atoms with Gasteiger partial charge in [-0.3, -0.25) is 4.79 Å². The monoisotopic (exact) mass is 366 g/mol. The van der Waals surface area contributed by atoms with Crippen molar-refractivity contribution in [3.05, 3.63) is 35.3 Å². The van der Waals surface area contributed by atoms with Gasteiger partial charge in [0.15, 0.2) is 5.69 Å². The first-order valence-corrected chi connectivity index (χ1v) is 8.67. The van der Waals surface area contributed by atoms with Gasteiger partial charge in [0.25, 0.3) is 0 Å². The summed E-state index contributed by atoms with van der Waals surface area (Å²) < 4.78 is 26.9. The van der Waals surface area contributed by atoms with Crippen molar-refractivity contribution >= 4 is 45.0 Å². The smallest absolute Gasteiger partial charge is 0.302 e. The maximum atomic E-state index is 12.1. The van der Waals surface area contributed by atoms with E-state index in [0.29, 0.717) is 5.69 Å². The fraction of sp³-hybridized carbons (Fsp3) is 0. The molecule has 0 saturated heterocycles. The van der Waals surface area contributed by atoms with E-state index < -0.39 is 15.9 Å². The summed E-state index contributed by atoms with van der Waals surface area (Å²) in [6.07, 6.45) is 0. The number of carbonyl (C=O) groups excluding carboxylic acids is 1. The van der Waals surface area contributed by atoms with E-state index in [0.717, 1.165) is 16.2 Å². The summed E-state index contributed by atoms with van der Waals surface area (Å²) in [7, 11) is -3.77. The Hall–Kier alpha value is -2.90. The number of nitrogen functional groups attached to an aromatic ring is 1. The minimum absolute atomic E-state index is 0.0303. The first-order chi connectivity index (χ1) is 11.3. The number of nitrogens with one attached hydrogen (secondary N) is 1. The average Bonchev–Trinajstić information content (AvgIpc) is 3.16. The number of hydrogen-bond donors (Lipinski definition) is 3. The molecular weight excluding hydrogens is 356 g/mol. The van der Waals surface area contributed by atoms with Crippen molar-refractivity contribution in [3.8, 4) is 0 Å². The lowest BCUT2D eigenvalue weighted by Gasteiger charge is -2.02. The molecule has 5 N–H and O–H groups in total. The van der Waals surface area contributed by atoms with Crippen molar-refractivity contribution in [2.45, 2.75) is 4.90 Å². The van der Waals surface area contributed by atoms with Gasteiger partial charge in [-0.15, -0.1) is 10.2 Å². The second kappa shape index (κ2) is 5.95. The number of benzene rings is 1. The van der Waals surface area contributed by atoms with Gasteiger partial charge in [-0.05, 0) is 35.8 Å². The predicted octanol–water partition coefficient (Wildman–Crippen LogP) is -0.209. The standard InChI is InChI=1S/C11H10N8O3S2/c12-10-15-11(17-19(10)9(20)8-5-23-18-16-8)14-6-1-3-7(4-2-6)24(13,21)22/h1-5H,(H2,13,21,22)(H3,12,14,15,17). The number of nitrogens with zero attached hydrogens (tertiary/aromatic N) is 5. The van der Waals surface area contributed by atoms with Crippen LogP contribution in [0.15, 0.2) is 34.5 Å². The maximum absolute atomic E-state index is 12.1. The van der Waals surface area contributed by atoms with E-state index in [1.165, 1.54) is 29.6 Å². The molecule has 13 heteroatoms. The molecule has 1 aromatic carbocycles. The number of aromatic nitrogens is 5. The van der Waals surface area contributed by atoms with Gasteiger partial charge in [0, 0.05) is 11.1 Å². The third kappa shape index (κ3) is 3.22. The largest absolute Gasteiger partial charge is 0.368 e. The van der Waals surface area contributed by atoms with Crippen molar-refractivity contribution < 1.29 is 13.2 Å². The Labute approximate surface area is 139 Å². The Morgan fingerprint density at radius 1 is 1.25 bits per heavy atom. The molecule has 0 fully saturated rings. The molecule has 0 radical (unpaired) electrons. The highest BCUT2D eigenvalue weighted by Crippen LogP contribution is 2.17. The number of sulfonamides is 1. The van der Waals surface area contributed by atoms with E-state index >= 15 is 0 Å². The fourth-order valence-electron chi connectivity index (χ4n) is 1.75. The van der Waals surface area contributed by atoms with E-state index in [1.807, 2.05) is 0 Å². The molecule has 0 bridgehead atoms. The highest BCUT2D eigenvalue weighted by atomic mass is 32.2. The van der Waals surface area contributed by atoms with Crippen LogP contribution < -0.4 is 16.2 Å². The zero-order valence-corrected chi connectivity index (χ0v) is 13.5. The van der Waals surface area contributed by atoms with Crippen molar-refractivity contribution in [2.75, 3.05) is 11.1 Å². The van der Waals surface area contributed by atoms with Crippen LogP contribution in [-0.4, -0.2) is 38.7 Å². The molecule has 0 saturated carbocycles. The Morgan fingerprint density at radius 2 is 1.96 bits per heavy atom. The van der Waals surface area contributed by atoms with Crippen molar-refractivity contribution in [2.24, 2.45) is 5.14 Å². The first kappa shape index (κ1) is 16.0. The summed E-state index contributed by atoms with van der Waals surface area (Å²) in [5.74, 6) is -0.629. The van der Waals surface area contributed by atoms with Crippen molar-refractivity contribution in [1.29, 1.82) is 0 Å². The minimum Gasteiger partial charge on any atom is -0.368 e. The number of nitrogens with two attached hydrogens (primary N) is 2. The Balaban J connectivity index is 1.82. The highest BCUT2D eigenvalue weighted by Gasteiger charge is 2.18. The van der Waals surface area contributed by atoms with Gasteiger partial charge in [0.2, 0.25) is 21.9 Å². The summed E-state index contributed by atoms with van der Waals surface area (Å²) in [6, 6.07) is 5.60. The van der Waals surface area contributed by atoms with Gasteiger partial charge in [-0.2, -0.15) is 9.67 Å². The zero-order valence-electron chi connectivity index (χ0n) is 11.8. The van der Waals surface area contributed by atoms with Gasteiger partial charge in [0.1, 0.15) is 0 Å². The second-order valence-corrected chi connectivity index (χ2v) is 6.67. The van der Waals surface area contributed by atoms with Crippen LogP contribution in [-0.2, 0) is 10.0 Å². The van der Waals surface area contributed by atoms with Crippen LogP contribution in [0.4, 0.5) is 17.6 Å². The molecule has 24 heavy (non-hydrogen) atoms. The third-order valence-corrected chi connectivity index (χ3v) is 4.28. The topological polar surface area (TPSA) is 172 Å². The third-order valence-electron chi connectivity index (χ3n) is 2.84. The van der Waals surface area contributed by atoms with Crippen LogP contribution >= 0.6 is 11.5 Å². The summed E-state index contributed by atoms with van der Waals surface area (Å²) in [5, 5.41) is 16.9. The molecule has 0 aliphatic heterocycles. The molecule has 0 unspecified atom stereocenters.